The maximum atomic E-state index is 12.4. The summed E-state index contributed by atoms with van der Waals surface area (Å²) in [7, 11) is 0. The van der Waals surface area contributed by atoms with Crippen molar-refractivity contribution in [3.05, 3.63) is 45.0 Å². The van der Waals surface area contributed by atoms with Crippen LogP contribution in [0.15, 0.2) is 35.1 Å². The second-order valence-electron chi connectivity index (χ2n) is 4.13. The number of nitrogens with zero attached hydrogens (tertiary/aromatic N) is 2. The molecule has 1 amide bonds. The van der Waals surface area contributed by atoms with Gasteiger partial charge in [0.2, 0.25) is 0 Å². The van der Waals surface area contributed by atoms with E-state index in [0.29, 0.717) is 31.6 Å². The molecule has 106 valence electrons. The van der Waals surface area contributed by atoms with Crippen LogP contribution in [-0.4, -0.2) is 15.9 Å². The highest BCUT2D eigenvalue weighted by Crippen LogP contribution is 2.32. The lowest BCUT2D eigenvalue weighted by molar-refractivity contribution is 0.103. The van der Waals surface area contributed by atoms with Crippen LogP contribution in [0.2, 0.25) is 5.02 Å². The zero-order valence-electron chi connectivity index (χ0n) is 10.4. The molecule has 0 unspecified atom stereocenters. The molecule has 1 aromatic carbocycles. The van der Waals surface area contributed by atoms with Crippen molar-refractivity contribution in [1.29, 1.82) is 0 Å². The van der Waals surface area contributed by atoms with Crippen LogP contribution in [0, 0.1) is 0 Å². The minimum absolute atomic E-state index is 0.326. The van der Waals surface area contributed by atoms with Crippen LogP contribution in [0.5, 0.6) is 0 Å². The number of anilines is 2. The van der Waals surface area contributed by atoms with E-state index in [1.807, 2.05) is 0 Å². The number of amides is 1. The summed E-state index contributed by atoms with van der Waals surface area (Å²) < 4.78 is 0.815. The minimum Gasteiger partial charge on any atom is -0.396 e. The summed E-state index contributed by atoms with van der Waals surface area (Å²) in [6.07, 6.45) is 3.10. The summed E-state index contributed by atoms with van der Waals surface area (Å²) in [5, 5.41) is 3.19. The third-order valence-corrected chi connectivity index (χ3v) is 4.67. The molecule has 3 aromatic rings. The van der Waals surface area contributed by atoms with Crippen molar-refractivity contribution in [1.82, 2.24) is 9.97 Å². The van der Waals surface area contributed by atoms with Gasteiger partial charge in [-0.3, -0.25) is 4.79 Å². The number of thiophene rings is 1. The molecule has 0 spiro atoms. The van der Waals surface area contributed by atoms with Gasteiger partial charge in [-0.1, -0.05) is 27.5 Å². The Bertz CT molecular complexity index is 851. The molecule has 0 saturated carbocycles. The van der Waals surface area contributed by atoms with Crippen LogP contribution in [0.25, 0.3) is 10.3 Å². The van der Waals surface area contributed by atoms with Crippen LogP contribution in [0.4, 0.5) is 11.4 Å². The molecule has 0 bridgehead atoms. The van der Waals surface area contributed by atoms with E-state index in [1.165, 1.54) is 17.5 Å². The van der Waals surface area contributed by atoms with Crippen LogP contribution in [0.1, 0.15) is 9.67 Å². The molecule has 0 fully saturated rings. The molecule has 0 saturated heterocycles. The molecule has 2 aromatic heterocycles. The summed E-state index contributed by atoms with van der Waals surface area (Å²) in [6.45, 7) is 0. The lowest BCUT2D eigenvalue weighted by atomic mass is 10.3. The summed E-state index contributed by atoms with van der Waals surface area (Å²) in [5.74, 6) is -0.336. The maximum Gasteiger partial charge on any atom is 0.268 e. The van der Waals surface area contributed by atoms with Gasteiger partial charge in [-0.25, -0.2) is 9.97 Å². The lowest BCUT2D eigenvalue weighted by Gasteiger charge is -2.07. The molecular weight excluding hydrogens is 376 g/mol. The first-order chi connectivity index (χ1) is 10.1. The fraction of sp³-hybridized carbons (Fsp3) is 0. The molecule has 0 atom stereocenters. The van der Waals surface area contributed by atoms with Crippen LogP contribution >= 0.6 is 38.9 Å². The second kappa shape index (κ2) is 5.59. The van der Waals surface area contributed by atoms with Gasteiger partial charge < -0.3 is 11.1 Å². The number of carbonyl (C=O) groups is 1. The first-order valence-corrected chi connectivity index (χ1v) is 7.80. The summed E-state index contributed by atoms with van der Waals surface area (Å²) in [6, 6.07) is 5.21. The standard InChI is InChI=1S/C13H8BrClN4OS/c14-6-1-2-7(15)8(5-6)19-12(20)11-9(16)10-13(21-11)18-4-3-17-10/h1-5H,16H2,(H,19,20). The predicted octanol–water partition coefficient (Wildman–Crippen LogP) is 3.94. The predicted molar refractivity (Wildman–Crippen MR) is 88.9 cm³/mol. The van der Waals surface area contributed by atoms with E-state index in [9.17, 15) is 4.79 Å². The highest BCUT2D eigenvalue weighted by atomic mass is 79.9. The average molecular weight is 384 g/mol. The number of nitrogen functional groups attached to an aromatic ring is 1. The Morgan fingerprint density at radius 2 is 2.10 bits per heavy atom. The van der Waals surface area contributed by atoms with Crippen molar-refractivity contribution in [3.63, 3.8) is 0 Å². The van der Waals surface area contributed by atoms with E-state index < -0.39 is 0 Å². The van der Waals surface area contributed by atoms with Gasteiger partial charge in [-0.2, -0.15) is 0 Å². The number of fused-ring (bicyclic) bond motifs is 1. The largest absolute Gasteiger partial charge is 0.396 e. The second-order valence-corrected chi connectivity index (χ2v) is 6.46. The number of benzene rings is 1. The SMILES string of the molecule is Nc1c(C(=O)Nc2cc(Br)ccc2Cl)sc2nccnc12. The fourth-order valence-corrected chi connectivity index (χ4v) is 3.23. The molecule has 21 heavy (non-hydrogen) atoms. The number of carbonyl (C=O) groups excluding carboxylic acids is 1. The zero-order chi connectivity index (χ0) is 15.0. The number of halogens is 2. The molecule has 2 heterocycles. The van der Waals surface area contributed by atoms with Gasteiger partial charge in [0.25, 0.3) is 5.91 Å². The minimum atomic E-state index is -0.336. The molecule has 0 aliphatic rings. The summed E-state index contributed by atoms with van der Waals surface area (Å²) in [5.41, 5.74) is 7.34. The third-order valence-electron chi connectivity index (χ3n) is 2.75. The van der Waals surface area contributed by atoms with Crippen molar-refractivity contribution >= 4 is 66.5 Å². The number of aromatic nitrogens is 2. The quantitative estimate of drug-likeness (QED) is 0.702. The van der Waals surface area contributed by atoms with Gasteiger partial charge in [0.15, 0.2) is 0 Å². The average Bonchev–Trinajstić information content (AvgIpc) is 2.81. The van der Waals surface area contributed by atoms with Gasteiger partial charge in [-0.05, 0) is 18.2 Å². The molecular formula is C13H8BrClN4OS. The summed E-state index contributed by atoms with van der Waals surface area (Å²) >= 11 is 10.6. The Labute approximate surface area is 137 Å². The van der Waals surface area contributed by atoms with Gasteiger partial charge in [0.05, 0.1) is 16.4 Å². The Kier molecular flexibility index (Phi) is 3.79. The lowest BCUT2D eigenvalue weighted by Crippen LogP contribution is -2.12. The highest BCUT2D eigenvalue weighted by molar-refractivity contribution is 9.10. The Hall–Kier alpha value is -1.70. The topological polar surface area (TPSA) is 80.9 Å². The van der Waals surface area contributed by atoms with Crippen molar-refractivity contribution < 1.29 is 4.79 Å². The van der Waals surface area contributed by atoms with Gasteiger partial charge in [0.1, 0.15) is 15.2 Å². The van der Waals surface area contributed by atoms with E-state index in [-0.39, 0.29) is 5.91 Å². The smallest absolute Gasteiger partial charge is 0.268 e. The number of nitrogens with one attached hydrogen (secondary N) is 1. The van der Waals surface area contributed by atoms with E-state index >= 15 is 0 Å². The Morgan fingerprint density at radius 1 is 1.33 bits per heavy atom. The van der Waals surface area contributed by atoms with Crippen LogP contribution in [0.3, 0.4) is 0 Å². The van der Waals surface area contributed by atoms with Gasteiger partial charge >= 0.3 is 0 Å². The Balaban J connectivity index is 1.97. The van der Waals surface area contributed by atoms with Gasteiger partial charge in [-0.15, -0.1) is 11.3 Å². The molecule has 3 rings (SSSR count). The Morgan fingerprint density at radius 3 is 2.86 bits per heavy atom. The molecule has 0 aliphatic carbocycles. The maximum absolute atomic E-state index is 12.4. The van der Waals surface area contributed by atoms with Gasteiger partial charge in [0, 0.05) is 16.9 Å². The molecule has 0 radical (unpaired) electrons. The number of hydrogen-bond acceptors (Lipinski definition) is 5. The highest BCUT2D eigenvalue weighted by Gasteiger charge is 2.18. The molecule has 3 N–H and O–H groups in total. The third kappa shape index (κ3) is 2.72. The normalized spacial score (nSPS) is 10.8. The number of nitrogens with two attached hydrogens (primary N) is 1. The molecule has 5 nitrogen and oxygen atoms in total. The zero-order valence-corrected chi connectivity index (χ0v) is 13.6. The number of rotatable bonds is 2. The van der Waals surface area contributed by atoms with Crippen molar-refractivity contribution in [2.45, 2.75) is 0 Å². The van der Waals surface area contributed by atoms with Crippen molar-refractivity contribution in [2.24, 2.45) is 0 Å². The first kappa shape index (κ1) is 14.2. The van der Waals surface area contributed by atoms with Crippen molar-refractivity contribution in [2.75, 3.05) is 11.1 Å². The first-order valence-electron chi connectivity index (χ1n) is 5.81. The van der Waals surface area contributed by atoms with Crippen LogP contribution < -0.4 is 11.1 Å². The molecule has 0 aliphatic heterocycles. The van der Waals surface area contributed by atoms with E-state index in [4.69, 9.17) is 17.3 Å². The summed E-state index contributed by atoms with van der Waals surface area (Å²) in [4.78, 5) is 21.6. The van der Waals surface area contributed by atoms with E-state index in [2.05, 4.69) is 31.2 Å². The monoisotopic (exact) mass is 382 g/mol. The van der Waals surface area contributed by atoms with E-state index in [1.54, 1.807) is 24.4 Å². The van der Waals surface area contributed by atoms with Crippen LogP contribution in [-0.2, 0) is 0 Å². The van der Waals surface area contributed by atoms with Crippen molar-refractivity contribution in [3.8, 4) is 0 Å². The fourth-order valence-electron chi connectivity index (χ4n) is 1.78. The molecule has 8 heteroatoms. The van der Waals surface area contributed by atoms with E-state index in [0.717, 1.165) is 4.47 Å². The number of hydrogen-bond donors (Lipinski definition) is 2.